The number of methoxy groups -OCH3 is 1. The van der Waals surface area contributed by atoms with Gasteiger partial charge in [0.15, 0.2) is 0 Å². The minimum absolute atomic E-state index is 0.127. The molecule has 0 aliphatic carbocycles. The Balaban J connectivity index is 1.90. The van der Waals surface area contributed by atoms with Crippen molar-refractivity contribution in [1.82, 2.24) is 4.90 Å². The number of rotatable bonds is 2. The third-order valence-electron chi connectivity index (χ3n) is 4.31. The molecule has 3 rings (SSSR count). The topological polar surface area (TPSA) is 29.5 Å². The molecule has 5 heteroatoms. The third-order valence-corrected chi connectivity index (χ3v) is 5.75. The first-order valence-corrected chi connectivity index (χ1v) is 8.61. The molecule has 2 fully saturated rings. The zero-order valence-electron chi connectivity index (χ0n) is 11.3. The highest BCUT2D eigenvalue weighted by molar-refractivity contribution is 9.10. The highest BCUT2D eigenvalue weighted by Gasteiger charge is 2.43. The van der Waals surface area contributed by atoms with Crippen LogP contribution < -0.4 is 4.74 Å². The van der Waals surface area contributed by atoms with Crippen LogP contribution in [-0.4, -0.2) is 34.8 Å². The number of benzene rings is 1. The van der Waals surface area contributed by atoms with Crippen molar-refractivity contribution in [2.45, 2.75) is 42.6 Å². The molecule has 20 heavy (non-hydrogen) atoms. The van der Waals surface area contributed by atoms with Crippen LogP contribution in [0.3, 0.4) is 0 Å². The van der Waals surface area contributed by atoms with Crippen LogP contribution in [0.15, 0.2) is 22.7 Å². The maximum absolute atomic E-state index is 12.9. The van der Waals surface area contributed by atoms with Crippen molar-refractivity contribution in [3.05, 3.63) is 28.2 Å². The lowest BCUT2D eigenvalue weighted by atomic mass is 10.0. The Hall–Kier alpha value is -0.550. The van der Waals surface area contributed by atoms with E-state index < -0.39 is 0 Å². The summed E-state index contributed by atoms with van der Waals surface area (Å²) >= 11 is 7.20. The number of fused-ring (bicyclic) bond motifs is 2. The first-order valence-electron chi connectivity index (χ1n) is 6.90. The maximum atomic E-state index is 12.9. The maximum Gasteiger partial charge on any atom is 0.255 e. The molecule has 2 aliphatic heterocycles. The number of carbonyl (C=O) groups is 1. The number of hydrogen-bond donors (Lipinski definition) is 0. The predicted octanol–water partition coefficient (Wildman–Crippen LogP) is 3.99. The van der Waals surface area contributed by atoms with Crippen LogP contribution in [-0.2, 0) is 0 Å². The second-order valence-electron chi connectivity index (χ2n) is 5.51. The molecule has 0 radical (unpaired) electrons. The van der Waals surface area contributed by atoms with Gasteiger partial charge in [0.1, 0.15) is 5.75 Å². The van der Waals surface area contributed by atoms with E-state index in [2.05, 4.69) is 36.8 Å². The molecule has 2 heterocycles. The van der Waals surface area contributed by atoms with Gasteiger partial charge in [-0.3, -0.25) is 4.79 Å². The molecule has 3 nitrogen and oxygen atoms in total. The minimum atomic E-state index is 0.127. The molecule has 2 aliphatic rings. The fraction of sp³-hybridized carbons (Fsp3) is 0.533. The molecule has 1 aromatic carbocycles. The van der Waals surface area contributed by atoms with E-state index in [0.717, 1.165) is 35.9 Å². The van der Waals surface area contributed by atoms with Gasteiger partial charge in [-0.15, -0.1) is 0 Å². The SMILES string of the molecule is COc1ccc(Br)c(C(=O)N2C3CCC2CC(Br)C3)c1. The van der Waals surface area contributed by atoms with Gasteiger partial charge in [0, 0.05) is 21.4 Å². The van der Waals surface area contributed by atoms with Crippen molar-refractivity contribution >= 4 is 37.8 Å². The van der Waals surface area contributed by atoms with E-state index in [4.69, 9.17) is 4.74 Å². The lowest BCUT2D eigenvalue weighted by Crippen LogP contribution is -2.46. The molecule has 0 N–H and O–H groups in total. The van der Waals surface area contributed by atoms with E-state index in [0.29, 0.717) is 22.5 Å². The normalized spacial score (nSPS) is 28.6. The smallest absolute Gasteiger partial charge is 0.255 e. The van der Waals surface area contributed by atoms with Crippen molar-refractivity contribution in [3.8, 4) is 5.75 Å². The largest absolute Gasteiger partial charge is 0.497 e. The van der Waals surface area contributed by atoms with Crippen molar-refractivity contribution in [2.75, 3.05) is 7.11 Å². The Labute approximate surface area is 135 Å². The summed E-state index contributed by atoms with van der Waals surface area (Å²) < 4.78 is 6.07. The molecule has 2 saturated heterocycles. The van der Waals surface area contributed by atoms with Crippen LogP contribution in [0.1, 0.15) is 36.0 Å². The van der Waals surface area contributed by atoms with Gasteiger partial charge in [0.2, 0.25) is 0 Å². The predicted molar refractivity (Wildman–Crippen MR) is 85.6 cm³/mol. The Bertz CT molecular complexity index is 521. The average Bonchev–Trinajstić information content (AvgIpc) is 2.71. The fourth-order valence-electron chi connectivity index (χ4n) is 3.38. The second-order valence-corrected chi connectivity index (χ2v) is 7.66. The van der Waals surface area contributed by atoms with Crippen LogP contribution in [0.25, 0.3) is 0 Å². The summed E-state index contributed by atoms with van der Waals surface area (Å²) in [6.07, 6.45) is 4.37. The van der Waals surface area contributed by atoms with E-state index in [9.17, 15) is 4.79 Å². The Morgan fingerprint density at radius 3 is 2.55 bits per heavy atom. The highest BCUT2D eigenvalue weighted by atomic mass is 79.9. The van der Waals surface area contributed by atoms with Gasteiger partial charge < -0.3 is 9.64 Å². The Morgan fingerprint density at radius 1 is 1.30 bits per heavy atom. The van der Waals surface area contributed by atoms with Crippen LogP contribution >= 0.6 is 31.9 Å². The van der Waals surface area contributed by atoms with Crippen LogP contribution in [0.5, 0.6) is 5.75 Å². The molecule has 0 spiro atoms. The van der Waals surface area contributed by atoms with E-state index >= 15 is 0 Å². The van der Waals surface area contributed by atoms with E-state index in [1.807, 2.05) is 18.2 Å². The molecule has 108 valence electrons. The summed E-state index contributed by atoms with van der Waals surface area (Å²) in [6.45, 7) is 0. The van der Waals surface area contributed by atoms with Gasteiger partial charge in [-0.1, -0.05) is 15.9 Å². The van der Waals surface area contributed by atoms with Gasteiger partial charge in [-0.05, 0) is 59.8 Å². The third kappa shape index (κ3) is 2.50. The molecule has 2 bridgehead atoms. The van der Waals surface area contributed by atoms with Gasteiger partial charge in [0.25, 0.3) is 5.91 Å². The monoisotopic (exact) mass is 401 g/mol. The summed E-state index contributed by atoms with van der Waals surface area (Å²) in [4.78, 5) is 15.5. The first-order chi connectivity index (χ1) is 9.60. The van der Waals surface area contributed by atoms with Crippen LogP contribution in [0.4, 0.5) is 0 Å². The number of hydrogen-bond acceptors (Lipinski definition) is 2. The number of halogens is 2. The number of amides is 1. The van der Waals surface area contributed by atoms with Crippen molar-refractivity contribution < 1.29 is 9.53 Å². The summed E-state index contributed by atoms with van der Waals surface area (Å²) in [5.41, 5.74) is 0.703. The summed E-state index contributed by atoms with van der Waals surface area (Å²) in [7, 11) is 1.62. The molecule has 2 unspecified atom stereocenters. The van der Waals surface area contributed by atoms with Gasteiger partial charge in [-0.2, -0.15) is 0 Å². The summed E-state index contributed by atoms with van der Waals surface area (Å²) in [5, 5.41) is 0. The van der Waals surface area contributed by atoms with Crippen LogP contribution in [0, 0.1) is 0 Å². The minimum Gasteiger partial charge on any atom is -0.497 e. The van der Waals surface area contributed by atoms with Crippen molar-refractivity contribution in [2.24, 2.45) is 0 Å². The van der Waals surface area contributed by atoms with Crippen molar-refractivity contribution in [1.29, 1.82) is 0 Å². The molecular weight excluding hydrogens is 386 g/mol. The number of nitrogens with zero attached hydrogens (tertiary/aromatic N) is 1. The standard InChI is InChI=1S/C15H17Br2NO2/c1-20-12-4-5-14(17)13(8-12)15(19)18-10-2-3-11(18)7-9(16)6-10/h4-5,8-11H,2-3,6-7H2,1H3. The Kier molecular flexibility index (Phi) is 4.09. The second kappa shape index (κ2) is 5.68. The van der Waals surface area contributed by atoms with E-state index in [1.165, 1.54) is 0 Å². The number of piperidine rings is 1. The quantitative estimate of drug-likeness (QED) is 0.700. The van der Waals surface area contributed by atoms with E-state index in [1.54, 1.807) is 7.11 Å². The van der Waals surface area contributed by atoms with Gasteiger partial charge in [0.05, 0.1) is 12.7 Å². The summed E-state index contributed by atoms with van der Waals surface area (Å²) in [5.74, 6) is 0.849. The molecular formula is C15H17Br2NO2. The lowest BCUT2D eigenvalue weighted by molar-refractivity contribution is 0.0602. The first kappa shape index (κ1) is 14.4. The number of ether oxygens (including phenoxy) is 1. The Morgan fingerprint density at radius 2 is 1.95 bits per heavy atom. The molecule has 1 aromatic rings. The zero-order chi connectivity index (χ0) is 14.3. The lowest BCUT2D eigenvalue weighted by Gasteiger charge is -2.37. The molecule has 0 aromatic heterocycles. The van der Waals surface area contributed by atoms with E-state index in [-0.39, 0.29) is 5.91 Å². The zero-order valence-corrected chi connectivity index (χ0v) is 14.5. The molecule has 1 amide bonds. The highest BCUT2D eigenvalue weighted by Crippen LogP contribution is 2.40. The summed E-state index contributed by atoms with van der Waals surface area (Å²) in [6, 6.07) is 6.32. The molecule has 0 saturated carbocycles. The van der Waals surface area contributed by atoms with Gasteiger partial charge in [-0.25, -0.2) is 0 Å². The van der Waals surface area contributed by atoms with Gasteiger partial charge >= 0.3 is 0 Å². The van der Waals surface area contributed by atoms with Crippen molar-refractivity contribution in [3.63, 3.8) is 0 Å². The average molecular weight is 403 g/mol. The number of alkyl halides is 1. The molecule has 2 atom stereocenters. The number of carbonyl (C=O) groups excluding carboxylic acids is 1. The van der Waals surface area contributed by atoms with Crippen LogP contribution in [0.2, 0.25) is 0 Å². The fourth-order valence-corrected chi connectivity index (χ4v) is 4.66.